The fraction of sp³-hybridized carbons (Fsp3) is 0.421. The van der Waals surface area contributed by atoms with Gasteiger partial charge in [0, 0.05) is 32.4 Å². The Hall–Kier alpha value is -2.81. The molecule has 148 valence electrons. The van der Waals surface area contributed by atoms with Gasteiger partial charge in [-0.3, -0.25) is 9.48 Å². The number of methoxy groups -OCH3 is 2. The van der Waals surface area contributed by atoms with Gasteiger partial charge >= 0.3 is 0 Å². The third kappa shape index (κ3) is 3.37. The number of hydrogen-bond acceptors (Lipinski definition) is 7. The lowest BCUT2D eigenvalue weighted by molar-refractivity contribution is 0.0923. The third-order valence-electron chi connectivity index (χ3n) is 4.98. The first-order chi connectivity index (χ1) is 13.6. The fourth-order valence-electron chi connectivity index (χ4n) is 3.53. The third-order valence-corrected chi connectivity index (χ3v) is 6.11. The highest BCUT2D eigenvalue weighted by atomic mass is 32.1. The van der Waals surface area contributed by atoms with E-state index in [1.54, 1.807) is 49.5 Å². The Kier molecular flexibility index (Phi) is 5.08. The van der Waals surface area contributed by atoms with E-state index in [-0.39, 0.29) is 11.9 Å². The van der Waals surface area contributed by atoms with Crippen molar-refractivity contribution in [2.45, 2.75) is 18.9 Å². The quantitative estimate of drug-likeness (QED) is 0.707. The summed E-state index contributed by atoms with van der Waals surface area (Å²) in [4.78, 5) is 19.5. The molecule has 9 heteroatoms. The zero-order chi connectivity index (χ0) is 19.7. The van der Waals surface area contributed by atoms with Crippen molar-refractivity contribution in [3.8, 4) is 11.5 Å². The highest BCUT2D eigenvalue weighted by molar-refractivity contribution is 7.22. The van der Waals surface area contributed by atoms with Crippen LogP contribution in [0.3, 0.4) is 0 Å². The second-order valence-corrected chi connectivity index (χ2v) is 7.72. The molecule has 1 N–H and O–H groups in total. The fourth-order valence-corrected chi connectivity index (χ4v) is 4.64. The van der Waals surface area contributed by atoms with Crippen LogP contribution in [0, 0.1) is 0 Å². The van der Waals surface area contributed by atoms with Gasteiger partial charge in [-0.05, 0) is 31.0 Å². The Morgan fingerprint density at radius 3 is 2.75 bits per heavy atom. The molecule has 4 rings (SSSR count). The van der Waals surface area contributed by atoms with Crippen molar-refractivity contribution in [2.75, 3.05) is 32.2 Å². The summed E-state index contributed by atoms with van der Waals surface area (Å²) >= 11 is 1.59. The predicted octanol–water partition coefficient (Wildman–Crippen LogP) is 2.45. The van der Waals surface area contributed by atoms with Crippen molar-refractivity contribution in [2.24, 2.45) is 7.05 Å². The Balaban J connectivity index is 1.54. The average Bonchev–Trinajstić information content (AvgIpc) is 3.34. The van der Waals surface area contributed by atoms with E-state index in [0.29, 0.717) is 12.2 Å². The maximum Gasteiger partial charge on any atom is 0.269 e. The van der Waals surface area contributed by atoms with E-state index in [1.165, 1.54) is 0 Å². The lowest BCUT2D eigenvalue weighted by atomic mass is 10.1. The number of thiazole rings is 1. The van der Waals surface area contributed by atoms with Gasteiger partial charge < -0.3 is 19.7 Å². The van der Waals surface area contributed by atoms with Gasteiger partial charge in [0.15, 0.2) is 5.13 Å². The molecule has 0 aliphatic carbocycles. The Morgan fingerprint density at radius 1 is 1.25 bits per heavy atom. The highest BCUT2D eigenvalue weighted by Crippen LogP contribution is 2.40. The van der Waals surface area contributed by atoms with Crippen LogP contribution in [0.25, 0.3) is 10.2 Å². The molecule has 1 atom stereocenters. The number of anilines is 1. The molecule has 1 amide bonds. The summed E-state index contributed by atoms with van der Waals surface area (Å²) in [7, 11) is 5.07. The second kappa shape index (κ2) is 7.67. The van der Waals surface area contributed by atoms with Crippen LogP contribution in [-0.2, 0) is 7.05 Å². The lowest BCUT2D eigenvalue weighted by Gasteiger charge is -2.32. The van der Waals surface area contributed by atoms with Crippen molar-refractivity contribution in [1.29, 1.82) is 0 Å². The monoisotopic (exact) mass is 401 g/mol. The largest absolute Gasteiger partial charge is 0.495 e. The van der Waals surface area contributed by atoms with Crippen LogP contribution in [0.1, 0.15) is 23.3 Å². The molecule has 3 heterocycles. The molecule has 0 bridgehead atoms. The van der Waals surface area contributed by atoms with Gasteiger partial charge in [-0.2, -0.15) is 5.10 Å². The number of aryl methyl sites for hydroxylation is 1. The highest BCUT2D eigenvalue weighted by Gasteiger charge is 2.26. The molecule has 28 heavy (non-hydrogen) atoms. The van der Waals surface area contributed by atoms with E-state index in [1.807, 2.05) is 12.1 Å². The summed E-state index contributed by atoms with van der Waals surface area (Å²) in [5.41, 5.74) is 1.37. The molecule has 8 nitrogen and oxygen atoms in total. The van der Waals surface area contributed by atoms with Crippen molar-refractivity contribution in [3.63, 3.8) is 0 Å². The SMILES string of the molecule is COc1ccc(OC)c2sc(N3CCCC(NC(=O)c4ccnn4C)C3)nc12. The zero-order valence-electron chi connectivity index (χ0n) is 16.1. The number of piperidine rings is 1. The number of carbonyl (C=O) groups excluding carboxylic acids is 1. The van der Waals surface area contributed by atoms with Gasteiger partial charge in [0.2, 0.25) is 0 Å². The number of hydrogen-bond donors (Lipinski definition) is 1. The van der Waals surface area contributed by atoms with Gasteiger partial charge in [0.05, 0.1) is 14.2 Å². The number of rotatable bonds is 5. The lowest BCUT2D eigenvalue weighted by Crippen LogP contribution is -2.48. The normalized spacial score (nSPS) is 17.0. The van der Waals surface area contributed by atoms with E-state index < -0.39 is 0 Å². The Morgan fingerprint density at radius 2 is 2.04 bits per heavy atom. The number of nitrogens with one attached hydrogen (secondary N) is 1. The van der Waals surface area contributed by atoms with Gasteiger partial charge in [-0.1, -0.05) is 11.3 Å². The maximum atomic E-state index is 12.5. The summed E-state index contributed by atoms with van der Waals surface area (Å²) < 4.78 is 13.5. The van der Waals surface area contributed by atoms with Crippen molar-refractivity contribution in [1.82, 2.24) is 20.1 Å². The van der Waals surface area contributed by atoms with E-state index >= 15 is 0 Å². The van der Waals surface area contributed by atoms with Gasteiger partial charge in [-0.15, -0.1) is 0 Å². The Bertz CT molecular complexity index is 958. The number of carbonyl (C=O) groups is 1. The molecular formula is C19H23N5O3S. The van der Waals surface area contributed by atoms with Gasteiger partial charge in [0.25, 0.3) is 5.91 Å². The number of ether oxygens (including phenoxy) is 2. The molecule has 1 saturated heterocycles. The molecule has 1 unspecified atom stereocenters. The van der Waals surface area contributed by atoms with Crippen molar-refractivity contribution < 1.29 is 14.3 Å². The van der Waals surface area contributed by atoms with E-state index in [4.69, 9.17) is 14.5 Å². The molecule has 1 aromatic carbocycles. The first-order valence-electron chi connectivity index (χ1n) is 9.16. The molecule has 1 aliphatic rings. The number of nitrogens with zero attached hydrogens (tertiary/aromatic N) is 4. The van der Waals surface area contributed by atoms with E-state index in [2.05, 4.69) is 15.3 Å². The first-order valence-corrected chi connectivity index (χ1v) is 9.97. The minimum absolute atomic E-state index is 0.0620. The molecule has 1 aliphatic heterocycles. The second-order valence-electron chi connectivity index (χ2n) is 6.74. The molecule has 3 aromatic rings. The van der Waals surface area contributed by atoms with Crippen LogP contribution >= 0.6 is 11.3 Å². The van der Waals surface area contributed by atoms with Crippen molar-refractivity contribution in [3.05, 3.63) is 30.1 Å². The molecule has 1 fully saturated rings. The zero-order valence-corrected chi connectivity index (χ0v) is 17.0. The molecular weight excluding hydrogens is 378 g/mol. The van der Waals surface area contributed by atoms with Crippen LogP contribution < -0.4 is 19.7 Å². The van der Waals surface area contributed by atoms with Crippen LogP contribution in [0.4, 0.5) is 5.13 Å². The predicted molar refractivity (Wildman–Crippen MR) is 109 cm³/mol. The minimum Gasteiger partial charge on any atom is -0.495 e. The number of amides is 1. The van der Waals surface area contributed by atoms with Crippen LogP contribution in [0.2, 0.25) is 0 Å². The summed E-state index contributed by atoms with van der Waals surface area (Å²) in [6.07, 6.45) is 3.56. The summed E-state index contributed by atoms with van der Waals surface area (Å²) in [6, 6.07) is 5.56. The number of fused-ring (bicyclic) bond motifs is 1. The molecule has 2 aromatic heterocycles. The van der Waals surface area contributed by atoms with E-state index in [0.717, 1.165) is 46.2 Å². The average molecular weight is 401 g/mol. The summed E-state index contributed by atoms with van der Waals surface area (Å²) in [6.45, 7) is 1.62. The molecule has 0 saturated carbocycles. The van der Waals surface area contributed by atoms with Crippen LogP contribution in [0.15, 0.2) is 24.4 Å². The standard InChI is InChI=1S/C19H23N5O3S/c1-23-13(8-9-20-23)18(25)21-12-5-4-10-24(11-12)19-22-16-14(26-2)6-7-15(27-3)17(16)28-19/h6-9,12H,4-5,10-11H2,1-3H3,(H,21,25). The Labute approximate surface area is 167 Å². The molecule has 0 spiro atoms. The maximum absolute atomic E-state index is 12.5. The van der Waals surface area contributed by atoms with Crippen molar-refractivity contribution >= 4 is 32.6 Å². The van der Waals surface area contributed by atoms with Crippen LogP contribution in [0.5, 0.6) is 11.5 Å². The topological polar surface area (TPSA) is 81.5 Å². The van der Waals surface area contributed by atoms with Gasteiger partial charge in [0.1, 0.15) is 27.4 Å². The number of benzene rings is 1. The first kappa shape index (κ1) is 18.5. The molecule has 0 radical (unpaired) electrons. The summed E-state index contributed by atoms with van der Waals surface area (Å²) in [5, 5.41) is 8.10. The smallest absolute Gasteiger partial charge is 0.269 e. The minimum atomic E-state index is -0.0977. The number of aromatic nitrogens is 3. The van der Waals surface area contributed by atoms with Crippen LogP contribution in [-0.4, -0.2) is 54.0 Å². The van der Waals surface area contributed by atoms with E-state index in [9.17, 15) is 4.79 Å². The van der Waals surface area contributed by atoms with Gasteiger partial charge in [-0.25, -0.2) is 4.98 Å². The summed E-state index contributed by atoms with van der Waals surface area (Å²) in [5.74, 6) is 1.42.